The summed E-state index contributed by atoms with van der Waals surface area (Å²) in [7, 11) is 0. The number of epoxide rings is 1. The van der Waals surface area contributed by atoms with Crippen LogP contribution in [0.3, 0.4) is 0 Å². The monoisotopic (exact) mass is 181 g/mol. The number of hydrogen-bond acceptors (Lipinski definition) is 3. The molecule has 1 saturated heterocycles. The van der Waals surface area contributed by atoms with E-state index >= 15 is 0 Å². The maximum Gasteiger partial charge on any atom is 0.145 e. The lowest BCUT2D eigenvalue weighted by Gasteiger charge is -2.01. The first-order chi connectivity index (χ1) is 6.43. The zero-order chi connectivity index (χ0) is 8.67. The van der Waals surface area contributed by atoms with Crippen LogP contribution in [0.4, 0.5) is 0 Å². The van der Waals surface area contributed by atoms with Crippen LogP contribution in [-0.4, -0.2) is 25.0 Å². The van der Waals surface area contributed by atoms with Gasteiger partial charge >= 0.3 is 0 Å². The quantitative estimate of drug-likeness (QED) is 0.366. The molecule has 0 radical (unpaired) electrons. The van der Waals surface area contributed by atoms with Crippen LogP contribution in [-0.2, 0) is 9.57 Å². The number of nitrogens with zero attached hydrogens (tertiary/aromatic N) is 1. The van der Waals surface area contributed by atoms with Gasteiger partial charge in [0.1, 0.15) is 12.7 Å². The van der Waals surface area contributed by atoms with Crippen molar-refractivity contribution >= 4 is 5.71 Å². The second-order valence-electron chi connectivity index (χ2n) is 4.32. The maximum atomic E-state index is 5.29. The van der Waals surface area contributed by atoms with Gasteiger partial charge in [-0.05, 0) is 25.7 Å². The van der Waals surface area contributed by atoms with Gasteiger partial charge in [0.05, 0.1) is 12.3 Å². The predicted molar refractivity (Wildman–Crippen MR) is 48.6 cm³/mol. The molecular weight excluding hydrogens is 166 g/mol. The Morgan fingerprint density at radius 1 is 1.23 bits per heavy atom. The van der Waals surface area contributed by atoms with E-state index in [1.807, 2.05) is 0 Å². The van der Waals surface area contributed by atoms with Crippen molar-refractivity contribution in [1.82, 2.24) is 0 Å². The van der Waals surface area contributed by atoms with E-state index in [1.54, 1.807) is 0 Å². The summed E-state index contributed by atoms with van der Waals surface area (Å²) in [6.45, 7) is 1.51. The summed E-state index contributed by atoms with van der Waals surface area (Å²) in [5.41, 5.74) is 1.35. The van der Waals surface area contributed by atoms with Gasteiger partial charge in [0.15, 0.2) is 0 Å². The van der Waals surface area contributed by atoms with Crippen LogP contribution < -0.4 is 0 Å². The Hall–Kier alpha value is -0.570. The topological polar surface area (TPSA) is 34.1 Å². The number of hydrogen-bond donors (Lipinski definition) is 0. The Morgan fingerprint density at radius 3 is 2.31 bits per heavy atom. The summed E-state index contributed by atoms with van der Waals surface area (Å²) in [6, 6.07) is 0. The molecule has 2 aliphatic carbocycles. The van der Waals surface area contributed by atoms with E-state index in [2.05, 4.69) is 5.16 Å². The van der Waals surface area contributed by atoms with Crippen molar-refractivity contribution in [2.24, 2.45) is 17.0 Å². The third-order valence-electron chi connectivity index (χ3n) is 2.82. The van der Waals surface area contributed by atoms with Crippen LogP contribution in [0.25, 0.3) is 0 Å². The van der Waals surface area contributed by atoms with E-state index in [0.717, 1.165) is 18.4 Å². The Morgan fingerprint density at radius 2 is 1.85 bits per heavy atom. The molecule has 0 N–H and O–H groups in total. The highest BCUT2D eigenvalue weighted by molar-refractivity contribution is 5.92. The summed E-state index contributed by atoms with van der Waals surface area (Å²) in [5.74, 6) is 1.54. The molecule has 72 valence electrons. The van der Waals surface area contributed by atoms with E-state index in [4.69, 9.17) is 9.57 Å². The molecule has 1 atom stereocenters. The fraction of sp³-hybridized carbons (Fsp3) is 0.900. The zero-order valence-corrected chi connectivity index (χ0v) is 7.74. The van der Waals surface area contributed by atoms with Gasteiger partial charge in [0.2, 0.25) is 0 Å². The molecule has 3 rings (SSSR count). The molecule has 3 heteroatoms. The van der Waals surface area contributed by atoms with E-state index < -0.39 is 0 Å². The normalized spacial score (nSPS) is 31.2. The van der Waals surface area contributed by atoms with E-state index in [-0.39, 0.29) is 0 Å². The minimum Gasteiger partial charge on any atom is -0.393 e. The average molecular weight is 181 g/mol. The van der Waals surface area contributed by atoms with Gasteiger partial charge in [-0.15, -0.1) is 0 Å². The van der Waals surface area contributed by atoms with Gasteiger partial charge in [0.25, 0.3) is 0 Å². The second kappa shape index (κ2) is 2.98. The van der Waals surface area contributed by atoms with Gasteiger partial charge in [0, 0.05) is 11.8 Å². The molecule has 3 fully saturated rings. The van der Waals surface area contributed by atoms with Crippen molar-refractivity contribution in [2.75, 3.05) is 13.2 Å². The Bertz CT molecular complexity index is 213. The minimum absolute atomic E-state index is 0.336. The van der Waals surface area contributed by atoms with E-state index in [0.29, 0.717) is 12.7 Å². The molecule has 0 aromatic heterocycles. The second-order valence-corrected chi connectivity index (χ2v) is 4.32. The fourth-order valence-corrected chi connectivity index (χ4v) is 1.60. The molecule has 3 nitrogen and oxygen atoms in total. The van der Waals surface area contributed by atoms with Gasteiger partial charge in [-0.3, -0.25) is 0 Å². The first-order valence-corrected chi connectivity index (χ1v) is 5.25. The maximum absolute atomic E-state index is 5.29. The molecular formula is C10H15NO2. The Kier molecular flexibility index (Phi) is 1.79. The van der Waals surface area contributed by atoms with Gasteiger partial charge < -0.3 is 9.57 Å². The summed E-state index contributed by atoms with van der Waals surface area (Å²) < 4.78 is 5.05. The molecule has 0 aromatic rings. The molecule has 2 saturated carbocycles. The van der Waals surface area contributed by atoms with Crippen LogP contribution in [0.5, 0.6) is 0 Å². The molecule has 3 aliphatic rings. The van der Waals surface area contributed by atoms with Gasteiger partial charge in [-0.1, -0.05) is 5.16 Å². The minimum atomic E-state index is 0.336. The highest BCUT2D eigenvalue weighted by Gasteiger charge is 2.38. The largest absolute Gasteiger partial charge is 0.393 e. The molecule has 0 amide bonds. The van der Waals surface area contributed by atoms with Crippen LogP contribution in [0.1, 0.15) is 25.7 Å². The van der Waals surface area contributed by atoms with Crippen molar-refractivity contribution in [3.05, 3.63) is 0 Å². The van der Waals surface area contributed by atoms with Crippen LogP contribution in [0, 0.1) is 11.8 Å². The third-order valence-corrected chi connectivity index (χ3v) is 2.82. The van der Waals surface area contributed by atoms with Crippen LogP contribution >= 0.6 is 0 Å². The van der Waals surface area contributed by atoms with Crippen LogP contribution in [0.15, 0.2) is 5.16 Å². The smallest absolute Gasteiger partial charge is 0.145 e. The summed E-state index contributed by atoms with van der Waals surface area (Å²) >= 11 is 0. The zero-order valence-electron chi connectivity index (χ0n) is 7.74. The van der Waals surface area contributed by atoms with Crippen molar-refractivity contribution in [1.29, 1.82) is 0 Å². The van der Waals surface area contributed by atoms with E-state index in [9.17, 15) is 0 Å². The predicted octanol–water partition coefficient (Wildman–Crippen LogP) is 1.58. The third kappa shape index (κ3) is 2.02. The van der Waals surface area contributed by atoms with E-state index in [1.165, 1.54) is 31.4 Å². The Balaban J connectivity index is 1.51. The molecule has 0 bridgehead atoms. The first kappa shape index (κ1) is 7.80. The molecule has 1 unspecified atom stereocenters. The molecule has 1 heterocycles. The fourth-order valence-electron chi connectivity index (χ4n) is 1.60. The van der Waals surface area contributed by atoms with Gasteiger partial charge in [-0.2, -0.15) is 0 Å². The summed E-state index contributed by atoms with van der Waals surface area (Å²) in [5, 5.41) is 4.26. The lowest BCUT2D eigenvalue weighted by Crippen LogP contribution is -2.06. The molecule has 1 aliphatic heterocycles. The summed E-state index contributed by atoms with van der Waals surface area (Å²) in [4.78, 5) is 5.29. The highest BCUT2D eigenvalue weighted by atomic mass is 16.7. The lowest BCUT2D eigenvalue weighted by atomic mass is 10.2. The SMILES string of the molecule is C(ON=C(C1CC1)C1CC1)C1CO1. The standard InChI is InChI=1S/C10H15NO2/c1-2-7(1)10(8-3-4-8)11-13-6-9-5-12-9/h7-9H,1-6H2. The van der Waals surface area contributed by atoms with Crippen molar-refractivity contribution in [3.63, 3.8) is 0 Å². The lowest BCUT2D eigenvalue weighted by molar-refractivity contribution is 0.123. The first-order valence-electron chi connectivity index (χ1n) is 5.25. The van der Waals surface area contributed by atoms with Gasteiger partial charge in [-0.25, -0.2) is 0 Å². The molecule has 0 aromatic carbocycles. The number of ether oxygens (including phenoxy) is 1. The van der Waals surface area contributed by atoms with Crippen LogP contribution in [0.2, 0.25) is 0 Å². The molecule has 0 spiro atoms. The highest BCUT2D eigenvalue weighted by Crippen LogP contribution is 2.42. The molecule has 13 heavy (non-hydrogen) atoms. The average Bonchev–Trinajstić information content (AvgIpc) is 3.01. The van der Waals surface area contributed by atoms with Crippen molar-refractivity contribution < 1.29 is 9.57 Å². The summed E-state index contributed by atoms with van der Waals surface area (Å²) in [6.07, 6.45) is 5.66. The van der Waals surface area contributed by atoms with Crippen molar-refractivity contribution in [3.8, 4) is 0 Å². The van der Waals surface area contributed by atoms with Crippen molar-refractivity contribution in [2.45, 2.75) is 31.8 Å². The number of rotatable bonds is 5. The number of oxime groups is 1. The Labute approximate surface area is 78.1 Å².